The predicted octanol–water partition coefficient (Wildman–Crippen LogP) is 13.2. The van der Waals surface area contributed by atoms with Gasteiger partial charge in [-0.3, -0.25) is 0 Å². The lowest BCUT2D eigenvalue weighted by atomic mass is 9.61. The largest absolute Gasteiger partial charge is 0.457 e. The number of para-hydroxylation sites is 1. The molecule has 0 fully saturated rings. The number of hydrogen-bond donors (Lipinski definition) is 0. The summed E-state index contributed by atoms with van der Waals surface area (Å²) in [5.41, 5.74) is 16.3. The lowest BCUT2D eigenvalue weighted by Gasteiger charge is -2.43. The summed E-state index contributed by atoms with van der Waals surface area (Å²) < 4.78 is 7.02. The molecule has 12 rings (SSSR count). The second kappa shape index (κ2) is 13.4. The number of ether oxygens (including phenoxy) is 1. The molecule has 0 saturated heterocycles. The van der Waals surface area contributed by atoms with Crippen LogP contribution in [-0.4, -0.2) is 19.9 Å². The molecule has 7 aromatic carbocycles. The zero-order valence-electron chi connectivity index (χ0n) is 33.7. The van der Waals surface area contributed by atoms with E-state index in [4.69, 9.17) is 24.7 Å². The predicted molar refractivity (Wildman–Crippen MR) is 244 cm³/mol. The number of benzene rings is 7. The smallest absolute Gasteiger partial charge is 0.160 e. The fraction of sp³-hybridized carbons (Fsp3) is 0.0714. The SMILES string of the molecule is CC1(C)c2ccccc2-c2cc3c(cc21)Oc1ccccc1C31c2ccccc2C=Cc2ccc(-c3nc(-c4ccccc4)cc(-c4cnc(-c5ccccc5)nc4)n3)cc21. The van der Waals surface area contributed by atoms with Gasteiger partial charge in [-0.25, -0.2) is 19.9 Å². The van der Waals surface area contributed by atoms with E-state index >= 15 is 0 Å². The summed E-state index contributed by atoms with van der Waals surface area (Å²) in [6, 6.07) is 60.0. The van der Waals surface area contributed by atoms with E-state index in [2.05, 4.69) is 141 Å². The van der Waals surface area contributed by atoms with E-state index in [1.165, 1.54) is 27.8 Å². The van der Waals surface area contributed by atoms with Crippen molar-refractivity contribution in [2.75, 3.05) is 0 Å². The van der Waals surface area contributed by atoms with Gasteiger partial charge in [0, 0.05) is 51.2 Å². The molecule has 9 aromatic rings. The standard InChI is InChI=1S/C56H38N4O/c1-55(2)44-22-12-10-20-41(44)42-30-48-52(31-47(42)55)61-51-24-14-13-23-45(51)56(48)43-21-11-9-15-35(43)25-26-36-27-28-39(29-46(36)56)54-59-49(37-16-5-3-6-17-37)32-50(60-54)40-33-57-53(58-34-40)38-18-7-4-8-19-38/h3-34H,1-2H3. The normalized spacial score (nSPS) is 16.0. The van der Waals surface area contributed by atoms with Gasteiger partial charge in [0.15, 0.2) is 11.6 Å². The molecule has 1 aliphatic heterocycles. The van der Waals surface area contributed by atoms with Crippen LogP contribution in [0.2, 0.25) is 0 Å². The van der Waals surface area contributed by atoms with Crippen LogP contribution in [0, 0.1) is 0 Å². The highest BCUT2D eigenvalue weighted by molar-refractivity contribution is 5.89. The first-order valence-corrected chi connectivity index (χ1v) is 20.8. The van der Waals surface area contributed by atoms with E-state index in [1.807, 2.05) is 67.0 Å². The molecule has 0 N–H and O–H groups in total. The fourth-order valence-corrected chi connectivity index (χ4v) is 9.97. The summed E-state index contributed by atoms with van der Waals surface area (Å²) >= 11 is 0. The average Bonchev–Trinajstić information content (AvgIpc) is 3.44. The molecule has 288 valence electrons. The number of nitrogens with zero attached hydrogens (tertiary/aromatic N) is 4. The highest BCUT2D eigenvalue weighted by Crippen LogP contribution is 2.61. The maximum Gasteiger partial charge on any atom is 0.160 e. The second-order valence-corrected chi connectivity index (χ2v) is 16.6. The van der Waals surface area contributed by atoms with Crippen molar-refractivity contribution in [2.45, 2.75) is 24.7 Å². The minimum Gasteiger partial charge on any atom is -0.457 e. The molecule has 2 aliphatic carbocycles. The molecular formula is C56H38N4O. The molecule has 5 heteroatoms. The summed E-state index contributed by atoms with van der Waals surface area (Å²) in [5.74, 6) is 3.00. The summed E-state index contributed by atoms with van der Waals surface area (Å²) in [5, 5.41) is 0. The van der Waals surface area contributed by atoms with Crippen molar-refractivity contribution in [1.29, 1.82) is 0 Å². The highest BCUT2D eigenvalue weighted by atomic mass is 16.5. The van der Waals surface area contributed by atoms with Crippen LogP contribution in [0.4, 0.5) is 0 Å². The van der Waals surface area contributed by atoms with Crippen LogP contribution in [-0.2, 0) is 10.8 Å². The molecule has 0 radical (unpaired) electrons. The van der Waals surface area contributed by atoms with Gasteiger partial charge in [0.25, 0.3) is 0 Å². The first kappa shape index (κ1) is 35.2. The second-order valence-electron chi connectivity index (χ2n) is 16.6. The molecule has 3 aliphatic rings. The zero-order valence-corrected chi connectivity index (χ0v) is 33.7. The third-order valence-electron chi connectivity index (χ3n) is 12.9. The van der Waals surface area contributed by atoms with Crippen molar-refractivity contribution in [3.8, 4) is 67.9 Å². The third-order valence-corrected chi connectivity index (χ3v) is 12.9. The van der Waals surface area contributed by atoms with Gasteiger partial charge in [0.1, 0.15) is 11.5 Å². The monoisotopic (exact) mass is 782 g/mol. The summed E-state index contributed by atoms with van der Waals surface area (Å²) in [6.45, 7) is 4.65. The quantitative estimate of drug-likeness (QED) is 0.178. The van der Waals surface area contributed by atoms with Crippen LogP contribution in [0.3, 0.4) is 0 Å². The van der Waals surface area contributed by atoms with E-state index in [0.29, 0.717) is 11.6 Å². The Kier molecular flexibility index (Phi) is 7.72. The van der Waals surface area contributed by atoms with Crippen molar-refractivity contribution in [2.24, 2.45) is 0 Å². The Hall–Kier alpha value is -7.76. The van der Waals surface area contributed by atoms with E-state index in [-0.39, 0.29) is 5.41 Å². The Morgan fingerprint density at radius 2 is 1.02 bits per heavy atom. The maximum absolute atomic E-state index is 7.02. The van der Waals surface area contributed by atoms with Crippen LogP contribution in [0.25, 0.3) is 68.6 Å². The average molecular weight is 783 g/mol. The van der Waals surface area contributed by atoms with Gasteiger partial charge in [0.05, 0.1) is 16.8 Å². The van der Waals surface area contributed by atoms with Crippen molar-refractivity contribution >= 4 is 12.2 Å². The molecule has 2 aromatic heterocycles. The lowest BCUT2D eigenvalue weighted by molar-refractivity contribution is 0.433. The summed E-state index contributed by atoms with van der Waals surface area (Å²) in [4.78, 5) is 20.1. The molecule has 0 saturated carbocycles. The van der Waals surface area contributed by atoms with Gasteiger partial charge in [-0.05, 0) is 74.8 Å². The molecule has 0 bridgehead atoms. The maximum atomic E-state index is 7.02. The van der Waals surface area contributed by atoms with Crippen molar-refractivity contribution in [3.63, 3.8) is 0 Å². The highest BCUT2D eigenvalue weighted by Gasteiger charge is 2.49. The van der Waals surface area contributed by atoms with Crippen LogP contribution < -0.4 is 4.74 Å². The van der Waals surface area contributed by atoms with Crippen molar-refractivity contribution < 1.29 is 4.74 Å². The van der Waals surface area contributed by atoms with E-state index in [1.54, 1.807) is 0 Å². The summed E-state index contributed by atoms with van der Waals surface area (Å²) in [7, 11) is 0. The minimum atomic E-state index is -0.757. The van der Waals surface area contributed by atoms with Crippen molar-refractivity contribution in [1.82, 2.24) is 19.9 Å². The van der Waals surface area contributed by atoms with Gasteiger partial charge >= 0.3 is 0 Å². The van der Waals surface area contributed by atoms with Gasteiger partial charge in [0.2, 0.25) is 0 Å². The Bertz CT molecular complexity index is 3250. The molecule has 3 heterocycles. The van der Waals surface area contributed by atoms with Gasteiger partial charge in [-0.2, -0.15) is 0 Å². The number of fused-ring (bicyclic) bond motifs is 11. The molecule has 0 amide bonds. The summed E-state index contributed by atoms with van der Waals surface area (Å²) in [6.07, 6.45) is 8.24. The van der Waals surface area contributed by atoms with E-state index in [9.17, 15) is 0 Å². The van der Waals surface area contributed by atoms with Gasteiger partial charge in [-0.15, -0.1) is 0 Å². The molecule has 1 atom stereocenters. The Morgan fingerprint density at radius 1 is 0.393 bits per heavy atom. The van der Waals surface area contributed by atoms with Crippen molar-refractivity contribution in [3.05, 3.63) is 227 Å². The minimum absolute atomic E-state index is 0.186. The van der Waals surface area contributed by atoms with Crippen LogP contribution in [0.1, 0.15) is 58.4 Å². The van der Waals surface area contributed by atoms with Gasteiger partial charge < -0.3 is 4.74 Å². The van der Waals surface area contributed by atoms with E-state index in [0.717, 1.165) is 73.0 Å². The number of aromatic nitrogens is 4. The van der Waals surface area contributed by atoms with Crippen LogP contribution >= 0.6 is 0 Å². The van der Waals surface area contributed by atoms with Crippen LogP contribution in [0.15, 0.2) is 182 Å². The van der Waals surface area contributed by atoms with Gasteiger partial charge in [-0.1, -0.05) is 166 Å². The van der Waals surface area contributed by atoms with E-state index < -0.39 is 5.41 Å². The molecular weight excluding hydrogens is 745 g/mol. The zero-order chi connectivity index (χ0) is 40.7. The first-order valence-electron chi connectivity index (χ1n) is 20.8. The molecule has 1 unspecified atom stereocenters. The molecule has 5 nitrogen and oxygen atoms in total. The third kappa shape index (κ3) is 5.33. The lowest BCUT2D eigenvalue weighted by Crippen LogP contribution is -2.35. The number of rotatable bonds is 4. The first-order chi connectivity index (χ1) is 30.0. The molecule has 1 spiro atoms. The van der Waals surface area contributed by atoms with Crippen LogP contribution in [0.5, 0.6) is 11.5 Å². The number of hydrogen-bond acceptors (Lipinski definition) is 5. The Balaban J connectivity index is 1.12. The topological polar surface area (TPSA) is 60.8 Å². The molecule has 61 heavy (non-hydrogen) atoms. The Labute approximate surface area is 354 Å². The Morgan fingerprint density at radius 3 is 1.79 bits per heavy atom. The fourth-order valence-electron chi connectivity index (χ4n) is 9.97.